The third kappa shape index (κ3) is 5.05. The van der Waals surface area contributed by atoms with Gasteiger partial charge in [-0.2, -0.15) is 0 Å². The molecular formula is C17H17NO4S. The second-order valence-electron chi connectivity index (χ2n) is 4.74. The summed E-state index contributed by atoms with van der Waals surface area (Å²) in [6.07, 6.45) is 2.74. The van der Waals surface area contributed by atoms with E-state index in [9.17, 15) is 13.2 Å². The summed E-state index contributed by atoms with van der Waals surface area (Å²) in [6, 6.07) is 15.6. The van der Waals surface area contributed by atoms with Crippen molar-refractivity contribution < 1.29 is 17.9 Å². The lowest BCUT2D eigenvalue weighted by molar-refractivity contribution is -0.134. The van der Waals surface area contributed by atoms with Gasteiger partial charge in [-0.05, 0) is 29.3 Å². The smallest absolute Gasteiger partial charge is 0.330 e. The second kappa shape index (κ2) is 7.71. The molecule has 0 aliphatic rings. The molecule has 0 spiro atoms. The molecule has 0 heterocycles. The zero-order valence-electron chi connectivity index (χ0n) is 12.6. The van der Waals surface area contributed by atoms with Gasteiger partial charge in [-0.3, -0.25) is 0 Å². The molecular weight excluding hydrogens is 314 g/mol. The number of ether oxygens (including phenoxy) is 1. The van der Waals surface area contributed by atoms with Crippen molar-refractivity contribution in [3.8, 4) is 0 Å². The highest BCUT2D eigenvalue weighted by atomic mass is 32.2. The van der Waals surface area contributed by atoms with Crippen molar-refractivity contribution >= 4 is 22.1 Å². The molecule has 6 heteroatoms. The minimum Gasteiger partial charge on any atom is -0.466 e. The molecule has 0 aliphatic heterocycles. The van der Waals surface area contributed by atoms with Crippen LogP contribution in [0.25, 0.3) is 6.08 Å². The predicted octanol–water partition coefficient (Wildman–Crippen LogP) is 2.35. The van der Waals surface area contributed by atoms with Crippen molar-refractivity contribution in [2.45, 2.75) is 11.4 Å². The first kappa shape index (κ1) is 16.9. The summed E-state index contributed by atoms with van der Waals surface area (Å²) in [5, 5.41) is 0. The van der Waals surface area contributed by atoms with Gasteiger partial charge < -0.3 is 4.74 Å². The first-order chi connectivity index (χ1) is 11.0. The van der Waals surface area contributed by atoms with E-state index in [0.29, 0.717) is 5.56 Å². The maximum absolute atomic E-state index is 12.3. The van der Waals surface area contributed by atoms with Crippen molar-refractivity contribution in [3.63, 3.8) is 0 Å². The number of hydrogen-bond acceptors (Lipinski definition) is 4. The van der Waals surface area contributed by atoms with E-state index in [1.54, 1.807) is 12.1 Å². The Morgan fingerprint density at radius 1 is 1.13 bits per heavy atom. The molecule has 5 nitrogen and oxygen atoms in total. The van der Waals surface area contributed by atoms with Crippen LogP contribution in [0.3, 0.4) is 0 Å². The Bertz CT molecular complexity index is 798. The van der Waals surface area contributed by atoms with Crippen LogP contribution in [-0.4, -0.2) is 21.5 Å². The lowest BCUT2D eigenvalue weighted by atomic mass is 10.2. The number of esters is 1. The Morgan fingerprint density at radius 2 is 1.87 bits per heavy atom. The normalized spacial score (nSPS) is 11.5. The van der Waals surface area contributed by atoms with Gasteiger partial charge in [-0.1, -0.05) is 42.5 Å². The molecule has 0 aliphatic carbocycles. The van der Waals surface area contributed by atoms with Crippen LogP contribution in [0.4, 0.5) is 0 Å². The van der Waals surface area contributed by atoms with Crippen LogP contribution >= 0.6 is 0 Å². The highest BCUT2D eigenvalue weighted by Crippen LogP contribution is 2.13. The number of hydrogen-bond donors (Lipinski definition) is 1. The van der Waals surface area contributed by atoms with Gasteiger partial charge in [0, 0.05) is 12.6 Å². The molecule has 0 radical (unpaired) electrons. The van der Waals surface area contributed by atoms with Crippen LogP contribution in [0.1, 0.15) is 11.1 Å². The third-order valence-electron chi connectivity index (χ3n) is 3.09. The van der Waals surface area contributed by atoms with Crippen molar-refractivity contribution in [1.29, 1.82) is 0 Å². The van der Waals surface area contributed by atoms with E-state index in [1.165, 1.54) is 31.4 Å². The molecule has 120 valence electrons. The van der Waals surface area contributed by atoms with Gasteiger partial charge >= 0.3 is 5.97 Å². The molecule has 0 bridgehead atoms. The van der Waals surface area contributed by atoms with Gasteiger partial charge in [0.1, 0.15) is 0 Å². The number of carbonyl (C=O) groups is 1. The zero-order valence-corrected chi connectivity index (χ0v) is 13.4. The van der Waals surface area contributed by atoms with Gasteiger partial charge in [0.25, 0.3) is 0 Å². The van der Waals surface area contributed by atoms with Crippen LogP contribution < -0.4 is 4.72 Å². The maximum Gasteiger partial charge on any atom is 0.330 e. The van der Waals surface area contributed by atoms with E-state index in [0.717, 1.165) is 5.56 Å². The fraction of sp³-hybridized carbons (Fsp3) is 0.118. The minimum absolute atomic E-state index is 0.139. The fourth-order valence-corrected chi connectivity index (χ4v) is 2.95. The van der Waals surface area contributed by atoms with Gasteiger partial charge in [-0.25, -0.2) is 17.9 Å². The van der Waals surface area contributed by atoms with Crippen molar-refractivity contribution in [2.75, 3.05) is 7.11 Å². The standard InChI is InChI=1S/C17H17NO4S/c1-22-17(19)11-10-14-8-5-9-16(12-14)23(20,21)18-13-15-6-3-2-4-7-15/h2-12,18H,13H2,1H3/b11-10+. The fourth-order valence-electron chi connectivity index (χ4n) is 1.88. The van der Waals surface area contributed by atoms with Crippen molar-refractivity contribution in [2.24, 2.45) is 0 Å². The average Bonchev–Trinajstić information content (AvgIpc) is 2.59. The summed E-state index contributed by atoms with van der Waals surface area (Å²) >= 11 is 0. The Hall–Kier alpha value is -2.44. The summed E-state index contributed by atoms with van der Waals surface area (Å²) in [5.41, 5.74) is 1.47. The molecule has 2 rings (SSSR count). The molecule has 0 saturated heterocycles. The van der Waals surface area contributed by atoms with E-state index in [-0.39, 0.29) is 11.4 Å². The Balaban J connectivity index is 2.13. The first-order valence-electron chi connectivity index (χ1n) is 6.91. The minimum atomic E-state index is -3.63. The van der Waals surface area contributed by atoms with Gasteiger partial charge in [0.15, 0.2) is 0 Å². The number of rotatable bonds is 6. The largest absolute Gasteiger partial charge is 0.466 e. The lowest BCUT2D eigenvalue weighted by Crippen LogP contribution is -2.23. The molecule has 0 saturated carbocycles. The van der Waals surface area contributed by atoms with Crippen LogP contribution in [0, 0.1) is 0 Å². The van der Waals surface area contributed by atoms with Crippen LogP contribution in [0.15, 0.2) is 65.6 Å². The molecule has 0 aromatic heterocycles. The number of sulfonamides is 1. The topological polar surface area (TPSA) is 72.5 Å². The van der Waals surface area contributed by atoms with E-state index in [1.807, 2.05) is 30.3 Å². The van der Waals surface area contributed by atoms with Crippen LogP contribution in [0.2, 0.25) is 0 Å². The molecule has 2 aromatic rings. The average molecular weight is 331 g/mol. The van der Waals surface area contributed by atoms with Crippen LogP contribution in [0.5, 0.6) is 0 Å². The van der Waals surface area contributed by atoms with Crippen LogP contribution in [-0.2, 0) is 26.1 Å². The van der Waals surface area contributed by atoms with E-state index in [4.69, 9.17) is 0 Å². The highest BCUT2D eigenvalue weighted by Gasteiger charge is 2.13. The van der Waals surface area contributed by atoms with Gasteiger partial charge in [-0.15, -0.1) is 0 Å². The third-order valence-corrected chi connectivity index (χ3v) is 4.49. The second-order valence-corrected chi connectivity index (χ2v) is 6.51. The molecule has 0 amide bonds. The van der Waals surface area contributed by atoms with E-state index < -0.39 is 16.0 Å². The zero-order chi connectivity index (χ0) is 16.7. The summed E-state index contributed by atoms with van der Waals surface area (Å²) in [5.74, 6) is -0.500. The predicted molar refractivity (Wildman–Crippen MR) is 88.0 cm³/mol. The lowest BCUT2D eigenvalue weighted by Gasteiger charge is -2.07. The summed E-state index contributed by atoms with van der Waals surface area (Å²) < 4.78 is 31.7. The molecule has 0 atom stereocenters. The molecule has 2 aromatic carbocycles. The first-order valence-corrected chi connectivity index (χ1v) is 8.39. The number of benzene rings is 2. The highest BCUT2D eigenvalue weighted by molar-refractivity contribution is 7.89. The summed E-state index contributed by atoms with van der Waals surface area (Å²) in [7, 11) is -2.35. The molecule has 0 unspecified atom stereocenters. The van der Waals surface area contributed by atoms with Crippen molar-refractivity contribution in [1.82, 2.24) is 4.72 Å². The number of carbonyl (C=O) groups excluding carboxylic acids is 1. The monoisotopic (exact) mass is 331 g/mol. The SMILES string of the molecule is COC(=O)/C=C/c1cccc(S(=O)(=O)NCc2ccccc2)c1. The Labute approximate surface area is 135 Å². The molecule has 23 heavy (non-hydrogen) atoms. The quantitative estimate of drug-likeness (QED) is 0.651. The van der Waals surface area contributed by atoms with Gasteiger partial charge in [0.05, 0.1) is 12.0 Å². The van der Waals surface area contributed by atoms with E-state index >= 15 is 0 Å². The maximum atomic E-state index is 12.3. The summed E-state index contributed by atoms with van der Waals surface area (Å²) in [6.45, 7) is 0.214. The summed E-state index contributed by atoms with van der Waals surface area (Å²) in [4.78, 5) is 11.2. The van der Waals surface area contributed by atoms with Gasteiger partial charge in [0.2, 0.25) is 10.0 Å². The Kier molecular flexibility index (Phi) is 5.67. The van der Waals surface area contributed by atoms with E-state index in [2.05, 4.69) is 9.46 Å². The number of methoxy groups -OCH3 is 1. The van der Waals surface area contributed by atoms with Crippen molar-refractivity contribution in [3.05, 3.63) is 71.8 Å². The number of nitrogens with one attached hydrogen (secondary N) is 1. The Morgan fingerprint density at radius 3 is 2.57 bits per heavy atom. The molecule has 0 fully saturated rings. The molecule has 1 N–H and O–H groups in total.